The Labute approximate surface area is 61.6 Å². The van der Waals surface area contributed by atoms with Crippen molar-refractivity contribution in [1.29, 1.82) is 0 Å². The first-order valence-electron chi connectivity index (χ1n) is 2.78. The number of halogens is 1. The van der Waals surface area contributed by atoms with E-state index in [0.29, 0.717) is 0 Å². The zero-order valence-corrected chi connectivity index (χ0v) is 6.67. The highest BCUT2D eigenvalue weighted by molar-refractivity contribution is 9.08. The van der Waals surface area contributed by atoms with Crippen molar-refractivity contribution < 1.29 is 0 Å². The maximum absolute atomic E-state index is 3.76. The molecule has 50 valence electrons. The molecule has 4 nitrogen and oxygen atoms in total. The van der Waals surface area contributed by atoms with Crippen molar-refractivity contribution in [3.05, 3.63) is 5.82 Å². The summed E-state index contributed by atoms with van der Waals surface area (Å²) in [6.07, 6.45) is 1.98. The first kappa shape index (κ1) is 6.67. The molecule has 0 aromatic carbocycles. The largest absolute Gasteiger partial charge is 0.163 e. The lowest BCUT2D eigenvalue weighted by Crippen LogP contribution is -1.92. The fourth-order valence-corrected chi connectivity index (χ4v) is 0.873. The van der Waals surface area contributed by atoms with Crippen molar-refractivity contribution in [2.24, 2.45) is 0 Å². The second kappa shape index (κ2) is 2.91. The van der Waals surface area contributed by atoms with Crippen molar-refractivity contribution >= 4 is 16.1 Å². The smallest absolute Gasteiger partial charge is 0.161 e. The monoisotopic (exact) mass is 190 g/mol. The summed E-state index contributed by atoms with van der Waals surface area (Å²) >= 11 is 3.15. The molecule has 0 N–H and O–H groups in total. The molecule has 0 amide bonds. The predicted molar refractivity (Wildman–Crippen MR) is 36.1 cm³/mol. The molecular formula is C4H7BrN4. The predicted octanol–water partition coefficient (Wildman–Crippen LogP) is 0.784. The van der Waals surface area contributed by atoms with Crippen LogP contribution in [-0.4, -0.2) is 19.2 Å². The van der Waals surface area contributed by atoms with Crippen LogP contribution >= 0.6 is 16.1 Å². The minimum atomic E-state index is 0.873. The Morgan fingerprint density at radius 3 is 2.89 bits per heavy atom. The van der Waals surface area contributed by atoms with Gasteiger partial charge in [0, 0.05) is 6.42 Å². The minimum Gasteiger partial charge on any atom is -0.161 e. The summed E-state index contributed by atoms with van der Waals surface area (Å²) in [5.74, 6) is 0.873. The second-order valence-corrected chi connectivity index (χ2v) is 2.38. The van der Waals surface area contributed by atoms with Gasteiger partial charge in [-0.05, 0) is 16.8 Å². The van der Waals surface area contributed by atoms with E-state index in [1.807, 2.05) is 0 Å². The van der Waals surface area contributed by atoms with Crippen LogP contribution in [0.5, 0.6) is 0 Å². The molecule has 0 spiro atoms. The van der Waals surface area contributed by atoms with E-state index in [1.165, 1.54) is 3.71 Å². The van der Waals surface area contributed by atoms with Crippen LogP contribution in [0.1, 0.15) is 19.2 Å². The van der Waals surface area contributed by atoms with Gasteiger partial charge in [0.1, 0.15) is 0 Å². The highest BCUT2D eigenvalue weighted by atomic mass is 79.9. The third-order valence-corrected chi connectivity index (χ3v) is 1.52. The molecule has 0 atom stereocenters. The van der Waals surface area contributed by atoms with Gasteiger partial charge in [-0.1, -0.05) is 6.92 Å². The van der Waals surface area contributed by atoms with Gasteiger partial charge in [-0.15, -0.1) is 5.10 Å². The third kappa shape index (κ3) is 1.48. The van der Waals surface area contributed by atoms with Crippen LogP contribution in [-0.2, 0) is 6.42 Å². The summed E-state index contributed by atoms with van der Waals surface area (Å²) in [4.78, 5) is 0. The van der Waals surface area contributed by atoms with Crippen molar-refractivity contribution in [3.8, 4) is 0 Å². The molecule has 1 aromatic rings. The van der Waals surface area contributed by atoms with Gasteiger partial charge >= 0.3 is 0 Å². The molecule has 1 aromatic heterocycles. The minimum absolute atomic E-state index is 0.873. The highest BCUT2D eigenvalue weighted by Gasteiger charge is 1.98. The van der Waals surface area contributed by atoms with Gasteiger partial charge in [-0.3, -0.25) is 0 Å². The summed E-state index contributed by atoms with van der Waals surface area (Å²) < 4.78 is 1.51. The number of nitrogens with zero attached hydrogens (tertiary/aromatic N) is 4. The average Bonchev–Trinajstić information content (AvgIpc) is 2.18. The normalized spacial score (nSPS) is 10.0. The molecule has 0 aliphatic rings. The van der Waals surface area contributed by atoms with Gasteiger partial charge in [0.15, 0.2) is 5.82 Å². The Hall–Kier alpha value is -0.450. The number of tetrazole rings is 1. The average molecular weight is 191 g/mol. The van der Waals surface area contributed by atoms with Crippen LogP contribution in [0.2, 0.25) is 0 Å². The Kier molecular flexibility index (Phi) is 2.16. The quantitative estimate of drug-likeness (QED) is 0.693. The van der Waals surface area contributed by atoms with E-state index in [0.717, 1.165) is 18.7 Å². The van der Waals surface area contributed by atoms with Crippen molar-refractivity contribution in [3.63, 3.8) is 0 Å². The van der Waals surface area contributed by atoms with Gasteiger partial charge < -0.3 is 0 Å². The van der Waals surface area contributed by atoms with Gasteiger partial charge in [0.05, 0.1) is 16.1 Å². The van der Waals surface area contributed by atoms with E-state index < -0.39 is 0 Å². The number of hydrogen-bond donors (Lipinski definition) is 0. The van der Waals surface area contributed by atoms with E-state index >= 15 is 0 Å². The SMILES string of the molecule is CCCc1nnnn1Br. The molecule has 0 bridgehead atoms. The summed E-state index contributed by atoms with van der Waals surface area (Å²) in [6.45, 7) is 2.08. The maximum atomic E-state index is 3.76. The maximum Gasteiger partial charge on any atom is 0.163 e. The van der Waals surface area contributed by atoms with E-state index in [2.05, 4.69) is 38.6 Å². The van der Waals surface area contributed by atoms with Crippen LogP contribution in [0.25, 0.3) is 0 Å². The van der Waals surface area contributed by atoms with Gasteiger partial charge in [-0.25, -0.2) is 0 Å². The van der Waals surface area contributed by atoms with E-state index in [1.54, 1.807) is 0 Å². The number of aromatic nitrogens is 4. The molecule has 0 saturated carbocycles. The Morgan fingerprint density at radius 1 is 1.67 bits per heavy atom. The van der Waals surface area contributed by atoms with Crippen molar-refractivity contribution in [2.45, 2.75) is 19.8 Å². The van der Waals surface area contributed by atoms with E-state index in [4.69, 9.17) is 0 Å². The third-order valence-electron chi connectivity index (χ3n) is 0.965. The van der Waals surface area contributed by atoms with Crippen molar-refractivity contribution in [1.82, 2.24) is 19.2 Å². The van der Waals surface area contributed by atoms with E-state index in [9.17, 15) is 0 Å². The van der Waals surface area contributed by atoms with Crippen molar-refractivity contribution in [2.75, 3.05) is 0 Å². The second-order valence-electron chi connectivity index (χ2n) is 1.71. The van der Waals surface area contributed by atoms with Crippen LogP contribution < -0.4 is 0 Å². The molecule has 0 radical (unpaired) electrons. The molecule has 5 heteroatoms. The van der Waals surface area contributed by atoms with Crippen LogP contribution in [0.4, 0.5) is 0 Å². The van der Waals surface area contributed by atoms with Crippen LogP contribution in [0.3, 0.4) is 0 Å². The summed E-state index contributed by atoms with van der Waals surface area (Å²) in [6, 6.07) is 0. The van der Waals surface area contributed by atoms with Gasteiger partial charge in [0.25, 0.3) is 0 Å². The van der Waals surface area contributed by atoms with Gasteiger partial charge in [0.2, 0.25) is 0 Å². The topological polar surface area (TPSA) is 43.6 Å². The lowest BCUT2D eigenvalue weighted by atomic mass is 10.3. The zero-order chi connectivity index (χ0) is 6.69. The lowest BCUT2D eigenvalue weighted by molar-refractivity contribution is 0.822. The molecular weight excluding hydrogens is 184 g/mol. The number of rotatable bonds is 2. The number of hydrogen-bond acceptors (Lipinski definition) is 3. The Morgan fingerprint density at radius 2 is 2.44 bits per heavy atom. The van der Waals surface area contributed by atoms with E-state index in [-0.39, 0.29) is 0 Å². The molecule has 1 rings (SSSR count). The summed E-state index contributed by atoms with van der Waals surface area (Å²) in [5.41, 5.74) is 0. The first-order valence-corrected chi connectivity index (χ1v) is 3.49. The lowest BCUT2D eigenvalue weighted by Gasteiger charge is -1.88. The molecule has 1 heterocycles. The molecule has 0 fully saturated rings. The van der Waals surface area contributed by atoms with Gasteiger partial charge in [-0.2, -0.15) is 3.71 Å². The molecule has 0 aliphatic heterocycles. The molecule has 0 saturated heterocycles. The molecule has 0 aliphatic carbocycles. The number of aryl methyl sites for hydroxylation is 1. The molecule has 0 unspecified atom stereocenters. The van der Waals surface area contributed by atoms with Crippen LogP contribution in [0.15, 0.2) is 0 Å². The Bertz CT molecular complexity index is 184. The fraction of sp³-hybridized carbons (Fsp3) is 0.750. The molecule has 9 heavy (non-hydrogen) atoms. The summed E-state index contributed by atoms with van der Waals surface area (Å²) in [7, 11) is 0. The summed E-state index contributed by atoms with van der Waals surface area (Å²) in [5, 5.41) is 10.8. The zero-order valence-electron chi connectivity index (χ0n) is 5.08. The first-order chi connectivity index (χ1) is 4.34. The Balaban J connectivity index is 2.69. The standard InChI is InChI=1S/C4H7BrN4/c1-2-3-4-6-7-8-9(4)5/h2-3H2,1H3. The highest BCUT2D eigenvalue weighted by Crippen LogP contribution is 1.98. The fourth-order valence-electron chi connectivity index (χ4n) is 0.561. The van der Waals surface area contributed by atoms with Crippen LogP contribution in [0, 0.1) is 0 Å².